The van der Waals surface area contributed by atoms with Crippen LogP contribution in [-0.2, 0) is 11.3 Å². The number of aromatic nitrogens is 4. The van der Waals surface area contributed by atoms with Crippen LogP contribution >= 0.6 is 0 Å². The molecule has 0 spiro atoms. The first-order valence-corrected chi connectivity index (χ1v) is 6.17. The molecular weight excluding hydrogens is 218 g/mol. The van der Waals surface area contributed by atoms with Crippen LogP contribution in [0.3, 0.4) is 0 Å². The maximum atomic E-state index is 4.97. The molecule has 0 bridgehead atoms. The molecule has 0 radical (unpaired) electrons. The highest BCUT2D eigenvalue weighted by molar-refractivity contribution is 4.84. The van der Waals surface area contributed by atoms with Crippen LogP contribution in [0.25, 0.3) is 0 Å². The largest absolute Gasteiger partial charge is 0.383 e. The zero-order valence-electron chi connectivity index (χ0n) is 11.2. The Labute approximate surface area is 103 Å². The third-order valence-electron chi connectivity index (χ3n) is 3.18. The van der Waals surface area contributed by atoms with E-state index in [1.54, 1.807) is 7.11 Å². The quantitative estimate of drug-likeness (QED) is 0.688. The predicted octanol–water partition coefficient (Wildman–Crippen LogP) is 1.02. The molecule has 98 valence electrons. The predicted molar refractivity (Wildman–Crippen MR) is 65.6 cm³/mol. The lowest BCUT2D eigenvalue weighted by Crippen LogP contribution is -2.24. The Morgan fingerprint density at radius 1 is 1.41 bits per heavy atom. The van der Waals surface area contributed by atoms with Gasteiger partial charge in [-0.05, 0) is 23.3 Å². The topological polar surface area (TPSA) is 64.9 Å². The zero-order valence-corrected chi connectivity index (χ0v) is 11.2. The van der Waals surface area contributed by atoms with Crippen LogP contribution < -0.4 is 5.32 Å². The molecule has 1 rings (SSSR count). The van der Waals surface area contributed by atoms with E-state index in [0.717, 1.165) is 18.8 Å². The summed E-state index contributed by atoms with van der Waals surface area (Å²) in [6.45, 7) is 8.74. The SMILES string of the molecule is CCC(C)C(C)n1nnnc1CNCCOC. The molecule has 17 heavy (non-hydrogen) atoms. The number of methoxy groups -OCH3 is 1. The Bertz CT molecular complexity index is 315. The van der Waals surface area contributed by atoms with Crippen molar-refractivity contribution >= 4 is 0 Å². The molecular formula is C11H23N5O. The molecule has 1 heterocycles. The number of hydrogen-bond acceptors (Lipinski definition) is 5. The van der Waals surface area contributed by atoms with Gasteiger partial charge in [0.15, 0.2) is 5.82 Å². The summed E-state index contributed by atoms with van der Waals surface area (Å²) in [5.41, 5.74) is 0. The van der Waals surface area contributed by atoms with E-state index < -0.39 is 0 Å². The van der Waals surface area contributed by atoms with Crippen LogP contribution in [0.15, 0.2) is 0 Å². The summed E-state index contributed by atoms with van der Waals surface area (Å²) in [6, 6.07) is 0.328. The van der Waals surface area contributed by atoms with Crippen LogP contribution in [-0.4, -0.2) is 40.5 Å². The summed E-state index contributed by atoms with van der Waals surface area (Å²) in [5.74, 6) is 1.45. The Balaban J connectivity index is 2.53. The fraction of sp³-hybridized carbons (Fsp3) is 0.909. The van der Waals surface area contributed by atoms with E-state index in [-0.39, 0.29) is 0 Å². The second kappa shape index (κ2) is 7.34. The fourth-order valence-corrected chi connectivity index (χ4v) is 1.60. The number of nitrogens with zero attached hydrogens (tertiary/aromatic N) is 4. The first-order chi connectivity index (χ1) is 8.20. The van der Waals surface area contributed by atoms with Gasteiger partial charge < -0.3 is 10.1 Å². The van der Waals surface area contributed by atoms with Crippen molar-refractivity contribution in [1.82, 2.24) is 25.5 Å². The molecule has 1 N–H and O–H groups in total. The van der Waals surface area contributed by atoms with Gasteiger partial charge in [0.25, 0.3) is 0 Å². The van der Waals surface area contributed by atoms with Crippen LogP contribution in [0.2, 0.25) is 0 Å². The minimum absolute atomic E-state index is 0.328. The molecule has 1 aromatic rings. The normalized spacial score (nSPS) is 14.8. The van der Waals surface area contributed by atoms with Crippen molar-refractivity contribution in [2.75, 3.05) is 20.3 Å². The molecule has 0 aliphatic carbocycles. The number of nitrogens with one attached hydrogen (secondary N) is 1. The third-order valence-corrected chi connectivity index (χ3v) is 3.18. The van der Waals surface area contributed by atoms with Gasteiger partial charge >= 0.3 is 0 Å². The molecule has 1 aromatic heterocycles. The number of rotatable bonds is 8. The maximum absolute atomic E-state index is 4.97. The van der Waals surface area contributed by atoms with Crippen LogP contribution in [0.5, 0.6) is 0 Å². The van der Waals surface area contributed by atoms with E-state index >= 15 is 0 Å². The molecule has 0 aliphatic heterocycles. The maximum Gasteiger partial charge on any atom is 0.165 e. The van der Waals surface area contributed by atoms with Gasteiger partial charge in [0.1, 0.15) is 0 Å². The van der Waals surface area contributed by atoms with E-state index in [2.05, 4.69) is 41.6 Å². The molecule has 6 heteroatoms. The molecule has 0 aromatic carbocycles. The van der Waals surface area contributed by atoms with Crippen molar-refractivity contribution in [3.8, 4) is 0 Å². The number of hydrogen-bond donors (Lipinski definition) is 1. The van der Waals surface area contributed by atoms with E-state index in [4.69, 9.17) is 4.74 Å². The second-order valence-corrected chi connectivity index (χ2v) is 4.34. The van der Waals surface area contributed by atoms with E-state index in [0.29, 0.717) is 25.1 Å². The van der Waals surface area contributed by atoms with Crippen molar-refractivity contribution in [1.29, 1.82) is 0 Å². The van der Waals surface area contributed by atoms with Gasteiger partial charge in [-0.25, -0.2) is 4.68 Å². The van der Waals surface area contributed by atoms with Gasteiger partial charge in [0, 0.05) is 13.7 Å². The monoisotopic (exact) mass is 241 g/mol. The smallest absolute Gasteiger partial charge is 0.165 e. The average molecular weight is 241 g/mol. The summed E-state index contributed by atoms with van der Waals surface area (Å²) in [6.07, 6.45) is 1.12. The summed E-state index contributed by atoms with van der Waals surface area (Å²) >= 11 is 0. The lowest BCUT2D eigenvalue weighted by atomic mass is 10.0. The van der Waals surface area contributed by atoms with E-state index in [9.17, 15) is 0 Å². The van der Waals surface area contributed by atoms with Crippen LogP contribution in [0, 0.1) is 5.92 Å². The molecule has 2 atom stereocenters. The van der Waals surface area contributed by atoms with Gasteiger partial charge in [-0.1, -0.05) is 20.3 Å². The molecule has 0 saturated carbocycles. The lowest BCUT2D eigenvalue weighted by Gasteiger charge is -2.19. The van der Waals surface area contributed by atoms with Crippen molar-refractivity contribution in [3.63, 3.8) is 0 Å². The molecule has 0 amide bonds. The van der Waals surface area contributed by atoms with Gasteiger partial charge in [-0.15, -0.1) is 5.10 Å². The molecule has 2 unspecified atom stereocenters. The van der Waals surface area contributed by atoms with E-state index in [1.807, 2.05) is 4.68 Å². The number of ether oxygens (including phenoxy) is 1. The van der Waals surface area contributed by atoms with Crippen molar-refractivity contribution in [3.05, 3.63) is 5.82 Å². The molecule has 0 fully saturated rings. The van der Waals surface area contributed by atoms with Crippen molar-refractivity contribution in [2.24, 2.45) is 5.92 Å². The highest BCUT2D eigenvalue weighted by Gasteiger charge is 2.17. The Hall–Kier alpha value is -1.01. The highest BCUT2D eigenvalue weighted by Crippen LogP contribution is 2.19. The zero-order chi connectivity index (χ0) is 12.7. The van der Waals surface area contributed by atoms with Gasteiger partial charge in [0.2, 0.25) is 0 Å². The molecule has 0 aliphatic rings. The summed E-state index contributed by atoms with van der Waals surface area (Å²) in [5, 5.41) is 15.1. The highest BCUT2D eigenvalue weighted by atomic mass is 16.5. The summed E-state index contributed by atoms with van der Waals surface area (Å²) in [7, 11) is 1.69. The third kappa shape index (κ3) is 4.05. The Morgan fingerprint density at radius 3 is 2.82 bits per heavy atom. The molecule has 6 nitrogen and oxygen atoms in total. The summed E-state index contributed by atoms with van der Waals surface area (Å²) < 4.78 is 6.88. The average Bonchev–Trinajstić information content (AvgIpc) is 2.81. The van der Waals surface area contributed by atoms with E-state index in [1.165, 1.54) is 0 Å². The summed E-state index contributed by atoms with van der Waals surface area (Å²) in [4.78, 5) is 0. The minimum atomic E-state index is 0.328. The number of tetrazole rings is 1. The lowest BCUT2D eigenvalue weighted by molar-refractivity contribution is 0.198. The standard InChI is InChI=1S/C11H23N5O/c1-5-9(2)10(3)16-11(13-14-15-16)8-12-6-7-17-4/h9-10,12H,5-8H2,1-4H3. The fourth-order valence-electron chi connectivity index (χ4n) is 1.60. The van der Waals surface area contributed by atoms with Crippen LogP contribution in [0.4, 0.5) is 0 Å². The Morgan fingerprint density at radius 2 is 2.18 bits per heavy atom. The van der Waals surface area contributed by atoms with Crippen LogP contribution in [0.1, 0.15) is 39.1 Å². The van der Waals surface area contributed by atoms with Crippen molar-refractivity contribution in [2.45, 2.75) is 39.8 Å². The first kappa shape index (κ1) is 14.1. The van der Waals surface area contributed by atoms with Crippen molar-refractivity contribution < 1.29 is 4.74 Å². The second-order valence-electron chi connectivity index (χ2n) is 4.34. The Kier molecular flexibility index (Phi) is 6.07. The molecule has 0 saturated heterocycles. The minimum Gasteiger partial charge on any atom is -0.383 e. The van der Waals surface area contributed by atoms with Gasteiger partial charge in [0.05, 0.1) is 19.2 Å². The van der Waals surface area contributed by atoms with Gasteiger partial charge in [-0.3, -0.25) is 0 Å². The van der Waals surface area contributed by atoms with Gasteiger partial charge in [-0.2, -0.15) is 0 Å². The first-order valence-electron chi connectivity index (χ1n) is 6.17.